The van der Waals surface area contributed by atoms with E-state index in [9.17, 15) is 30.0 Å². The molecule has 8 heteroatoms. The predicted molar refractivity (Wildman–Crippen MR) is 127 cm³/mol. The Bertz CT molecular complexity index is 1120. The van der Waals surface area contributed by atoms with Gasteiger partial charge in [-0.25, -0.2) is 4.79 Å². The van der Waals surface area contributed by atoms with Gasteiger partial charge in [-0.1, -0.05) is 12.5 Å². The highest BCUT2D eigenvalue weighted by molar-refractivity contribution is 5.98. The monoisotopic (exact) mass is 502 g/mol. The van der Waals surface area contributed by atoms with Crippen LogP contribution in [-0.2, 0) is 19.1 Å². The Hall–Kier alpha value is -1.58. The van der Waals surface area contributed by atoms with Crippen LogP contribution in [0.2, 0.25) is 0 Å². The molecule has 36 heavy (non-hydrogen) atoms. The topological polar surface area (TPSA) is 137 Å². The first-order chi connectivity index (χ1) is 16.6. The first-order valence-electron chi connectivity index (χ1n) is 13.2. The fraction of sp³-hybridized carbons (Fsp3) is 0.786. The molecule has 6 rings (SSSR count). The van der Waals surface area contributed by atoms with Gasteiger partial charge in [0.25, 0.3) is 0 Å². The number of rotatable bonds is 2. The van der Waals surface area contributed by atoms with E-state index in [1.807, 2.05) is 20.8 Å². The molecule has 0 bridgehead atoms. The summed E-state index contributed by atoms with van der Waals surface area (Å²) in [4.78, 5) is 25.8. The van der Waals surface area contributed by atoms with Gasteiger partial charge in [-0.2, -0.15) is 0 Å². The first kappa shape index (κ1) is 24.7. The maximum atomic E-state index is 13.3. The summed E-state index contributed by atoms with van der Waals surface area (Å²) >= 11 is 0. The van der Waals surface area contributed by atoms with Crippen molar-refractivity contribution in [3.63, 3.8) is 0 Å². The SMILES string of the molecule is CC1=C(C)C(=O)OC([C@](C)(O)[C@]2(O)CC[C@@]3(O)C4C[C@H]5O[C@]56[C@H](O)C=CC(=O)[C@]6(C)C4CC[C@]23C)C1. The van der Waals surface area contributed by atoms with E-state index in [-0.39, 0.29) is 36.6 Å². The van der Waals surface area contributed by atoms with E-state index < -0.39 is 51.4 Å². The van der Waals surface area contributed by atoms with Crippen molar-refractivity contribution in [2.45, 2.75) is 114 Å². The Morgan fingerprint density at radius 2 is 1.78 bits per heavy atom. The minimum atomic E-state index is -1.81. The largest absolute Gasteiger partial charge is 0.455 e. The molecule has 0 radical (unpaired) electrons. The van der Waals surface area contributed by atoms with Gasteiger partial charge in [0.1, 0.15) is 29.0 Å². The molecule has 0 aromatic carbocycles. The van der Waals surface area contributed by atoms with Crippen LogP contribution >= 0.6 is 0 Å². The number of cyclic esters (lactones) is 1. The molecule has 4 N–H and O–H groups in total. The lowest BCUT2D eigenvalue weighted by Crippen LogP contribution is -2.73. The number of ether oxygens (including phenoxy) is 2. The second kappa shape index (κ2) is 6.89. The van der Waals surface area contributed by atoms with E-state index in [1.54, 1.807) is 6.92 Å². The van der Waals surface area contributed by atoms with Gasteiger partial charge in [-0.3, -0.25) is 4.79 Å². The molecule has 1 spiro atoms. The summed E-state index contributed by atoms with van der Waals surface area (Å²) in [6.07, 6.45) is 2.84. The number of carbonyl (C=O) groups is 2. The van der Waals surface area contributed by atoms with Gasteiger partial charge in [0.05, 0.1) is 17.1 Å². The molecule has 3 saturated carbocycles. The summed E-state index contributed by atoms with van der Waals surface area (Å²) < 4.78 is 11.7. The van der Waals surface area contributed by atoms with Crippen LogP contribution in [0.1, 0.15) is 73.1 Å². The quantitative estimate of drug-likeness (QED) is 0.331. The highest BCUT2D eigenvalue weighted by atomic mass is 16.6. The third kappa shape index (κ3) is 2.40. The van der Waals surface area contributed by atoms with Gasteiger partial charge >= 0.3 is 5.97 Å². The van der Waals surface area contributed by atoms with Crippen LogP contribution < -0.4 is 0 Å². The molecular weight excluding hydrogens is 464 g/mol. The number of carbonyl (C=O) groups excluding carboxylic acids is 2. The fourth-order valence-electron chi connectivity index (χ4n) is 9.42. The smallest absolute Gasteiger partial charge is 0.334 e. The Kier molecular flexibility index (Phi) is 4.73. The van der Waals surface area contributed by atoms with Crippen LogP contribution in [0.15, 0.2) is 23.3 Å². The minimum Gasteiger partial charge on any atom is -0.455 e. The van der Waals surface area contributed by atoms with Gasteiger partial charge in [0, 0.05) is 17.4 Å². The van der Waals surface area contributed by atoms with E-state index in [0.717, 1.165) is 5.57 Å². The summed E-state index contributed by atoms with van der Waals surface area (Å²) in [5.74, 6) is -1.19. The van der Waals surface area contributed by atoms with Gasteiger partial charge in [0.2, 0.25) is 0 Å². The van der Waals surface area contributed by atoms with Crippen LogP contribution in [0, 0.1) is 22.7 Å². The summed E-state index contributed by atoms with van der Waals surface area (Å²) in [6, 6.07) is 0. The molecule has 0 aromatic heterocycles. The first-order valence-corrected chi connectivity index (χ1v) is 13.2. The van der Waals surface area contributed by atoms with Crippen molar-refractivity contribution in [3.05, 3.63) is 23.3 Å². The number of aliphatic hydroxyl groups excluding tert-OH is 1. The lowest BCUT2D eigenvalue weighted by atomic mass is 9.42. The number of hydrogen-bond donors (Lipinski definition) is 4. The van der Waals surface area contributed by atoms with Gasteiger partial charge in [0.15, 0.2) is 5.78 Å². The molecule has 198 valence electrons. The van der Waals surface area contributed by atoms with Crippen molar-refractivity contribution in [3.8, 4) is 0 Å². The third-order valence-electron chi connectivity index (χ3n) is 12.1. The maximum absolute atomic E-state index is 13.3. The molecule has 3 unspecified atom stereocenters. The lowest BCUT2D eigenvalue weighted by Gasteiger charge is -2.63. The molecule has 8 nitrogen and oxygen atoms in total. The normalized spacial score (nSPS) is 55.2. The molecule has 11 atom stereocenters. The number of ketones is 1. The Labute approximate surface area is 211 Å². The van der Waals surface area contributed by atoms with Crippen LogP contribution in [0.5, 0.6) is 0 Å². The van der Waals surface area contributed by atoms with Crippen molar-refractivity contribution in [1.82, 2.24) is 0 Å². The molecule has 2 heterocycles. The standard InChI is InChI=1S/C28H38O8/c1-14-12-20(35-22(31)15(14)2)25(5,32)27(34)11-10-26(33)17-13-21-28(36-21)19(30)7-6-18(29)24(28,4)16(17)8-9-23(26,27)3/h6-7,16-17,19-21,30,32-34H,8-13H2,1-5H3/t16?,17?,19-,20?,21-,23+,24+,25+,26-,27+,28-/m1/s1. The Morgan fingerprint density at radius 1 is 1.08 bits per heavy atom. The maximum Gasteiger partial charge on any atom is 0.334 e. The predicted octanol–water partition coefficient (Wildman–Crippen LogP) is 1.73. The zero-order chi connectivity index (χ0) is 26.3. The Morgan fingerprint density at radius 3 is 2.44 bits per heavy atom. The molecule has 2 aliphatic heterocycles. The van der Waals surface area contributed by atoms with E-state index >= 15 is 0 Å². The zero-order valence-corrected chi connectivity index (χ0v) is 21.7. The lowest BCUT2D eigenvalue weighted by molar-refractivity contribution is -0.283. The van der Waals surface area contributed by atoms with Gasteiger partial charge in [-0.05, 0) is 83.8 Å². The van der Waals surface area contributed by atoms with Crippen molar-refractivity contribution < 1.29 is 39.5 Å². The van der Waals surface area contributed by atoms with E-state index in [1.165, 1.54) is 19.1 Å². The summed E-state index contributed by atoms with van der Waals surface area (Å²) in [5.41, 5.74) is -6.64. The number of allylic oxidation sites excluding steroid dienone is 1. The summed E-state index contributed by atoms with van der Waals surface area (Å²) in [7, 11) is 0. The second-order valence-electron chi connectivity index (χ2n) is 13.0. The molecule has 4 aliphatic carbocycles. The fourth-order valence-corrected chi connectivity index (χ4v) is 9.42. The molecular formula is C28H38O8. The van der Waals surface area contributed by atoms with E-state index in [4.69, 9.17) is 9.47 Å². The molecule has 0 amide bonds. The van der Waals surface area contributed by atoms with Crippen molar-refractivity contribution in [2.24, 2.45) is 22.7 Å². The van der Waals surface area contributed by atoms with Crippen LogP contribution in [0.3, 0.4) is 0 Å². The average Bonchev–Trinajstić information content (AvgIpc) is 3.51. The van der Waals surface area contributed by atoms with Crippen LogP contribution in [-0.4, -0.2) is 72.9 Å². The molecule has 6 aliphatic rings. The number of epoxide rings is 1. The summed E-state index contributed by atoms with van der Waals surface area (Å²) in [6.45, 7) is 8.73. The van der Waals surface area contributed by atoms with Crippen molar-refractivity contribution in [2.75, 3.05) is 0 Å². The highest BCUT2D eigenvalue weighted by Gasteiger charge is 2.84. The zero-order valence-electron chi connectivity index (χ0n) is 21.7. The average molecular weight is 503 g/mol. The number of aliphatic hydroxyl groups is 4. The van der Waals surface area contributed by atoms with Crippen molar-refractivity contribution in [1.29, 1.82) is 0 Å². The van der Waals surface area contributed by atoms with Crippen molar-refractivity contribution >= 4 is 11.8 Å². The van der Waals surface area contributed by atoms with Gasteiger partial charge < -0.3 is 29.9 Å². The van der Waals surface area contributed by atoms with Crippen LogP contribution in [0.25, 0.3) is 0 Å². The Balaban J connectivity index is 1.39. The third-order valence-corrected chi connectivity index (χ3v) is 12.1. The number of hydrogen-bond acceptors (Lipinski definition) is 8. The highest BCUT2D eigenvalue weighted by Crippen LogP contribution is 2.75. The second-order valence-corrected chi connectivity index (χ2v) is 13.0. The number of esters is 1. The van der Waals surface area contributed by atoms with Gasteiger partial charge in [-0.15, -0.1) is 0 Å². The van der Waals surface area contributed by atoms with Crippen LogP contribution in [0.4, 0.5) is 0 Å². The summed E-state index contributed by atoms with van der Waals surface area (Å²) in [5, 5.41) is 47.5. The molecule has 0 aromatic rings. The molecule has 1 saturated heterocycles. The van der Waals surface area contributed by atoms with E-state index in [0.29, 0.717) is 31.3 Å². The van der Waals surface area contributed by atoms with E-state index in [2.05, 4.69) is 0 Å². The minimum absolute atomic E-state index is 0.0933. The number of fused-ring (bicyclic) bond motifs is 4. The molecule has 4 fully saturated rings.